The standard InChI is InChI=1S/C12H15ClN2O4/c1-14(7-6-12(16)19-2)8-9-10(13)4-3-5-11(9)15(17)18/h3-5H,6-8H2,1-2H3. The number of halogens is 1. The van der Waals surface area contributed by atoms with Gasteiger partial charge < -0.3 is 9.64 Å². The van der Waals surface area contributed by atoms with Crippen LogP contribution < -0.4 is 0 Å². The van der Waals surface area contributed by atoms with Crippen molar-refractivity contribution in [3.05, 3.63) is 38.9 Å². The van der Waals surface area contributed by atoms with E-state index in [9.17, 15) is 14.9 Å². The van der Waals surface area contributed by atoms with Gasteiger partial charge in [0.2, 0.25) is 0 Å². The third-order valence-electron chi connectivity index (χ3n) is 2.64. The van der Waals surface area contributed by atoms with Crippen LogP contribution in [0.25, 0.3) is 0 Å². The third kappa shape index (κ3) is 4.50. The molecule has 0 heterocycles. The zero-order chi connectivity index (χ0) is 14.4. The lowest BCUT2D eigenvalue weighted by atomic mass is 10.1. The predicted octanol–water partition coefficient (Wildman–Crippen LogP) is 2.24. The fourth-order valence-corrected chi connectivity index (χ4v) is 1.84. The summed E-state index contributed by atoms with van der Waals surface area (Å²) < 4.78 is 4.54. The Morgan fingerprint density at radius 2 is 2.21 bits per heavy atom. The van der Waals surface area contributed by atoms with Gasteiger partial charge in [-0.1, -0.05) is 17.7 Å². The molecular weight excluding hydrogens is 272 g/mol. The summed E-state index contributed by atoms with van der Waals surface area (Å²) in [6.07, 6.45) is 0.227. The molecule has 0 atom stereocenters. The highest BCUT2D eigenvalue weighted by Crippen LogP contribution is 2.27. The maximum absolute atomic E-state index is 11.0. The van der Waals surface area contributed by atoms with Crippen molar-refractivity contribution in [2.75, 3.05) is 20.7 Å². The summed E-state index contributed by atoms with van der Waals surface area (Å²) in [5, 5.41) is 11.3. The fourth-order valence-electron chi connectivity index (χ4n) is 1.61. The summed E-state index contributed by atoms with van der Waals surface area (Å²) in [6.45, 7) is 0.738. The highest BCUT2D eigenvalue weighted by atomic mass is 35.5. The molecule has 0 aliphatic rings. The second-order valence-electron chi connectivity index (χ2n) is 4.06. The van der Waals surface area contributed by atoms with Crippen molar-refractivity contribution in [3.8, 4) is 0 Å². The van der Waals surface area contributed by atoms with Crippen molar-refractivity contribution in [2.24, 2.45) is 0 Å². The van der Waals surface area contributed by atoms with E-state index in [2.05, 4.69) is 4.74 Å². The first kappa shape index (κ1) is 15.4. The van der Waals surface area contributed by atoms with Gasteiger partial charge >= 0.3 is 5.97 Å². The zero-order valence-corrected chi connectivity index (χ0v) is 11.5. The first-order valence-electron chi connectivity index (χ1n) is 5.63. The number of benzene rings is 1. The SMILES string of the molecule is COC(=O)CCN(C)Cc1c(Cl)cccc1[N+](=O)[O-]. The summed E-state index contributed by atoms with van der Waals surface area (Å²) in [5.74, 6) is -0.319. The first-order chi connectivity index (χ1) is 8.95. The molecule has 0 saturated heterocycles. The number of nitro benzene ring substituents is 1. The molecule has 0 aromatic heterocycles. The lowest BCUT2D eigenvalue weighted by molar-refractivity contribution is -0.385. The van der Waals surface area contributed by atoms with E-state index < -0.39 is 4.92 Å². The maximum Gasteiger partial charge on any atom is 0.306 e. The normalized spacial score (nSPS) is 10.5. The molecule has 0 aliphatic carbocycles. The lowest BCUT2D eigenvalue weighted by Gasteiger charge is -2.16. The lowest BCUT2D eigenvalue weighted by Crippen LogP contribution is -2.22. The Balaban J connectivity index is 2.76. The quantitative estimate of drug-likeness (QED) is 0.455. The van der Waals surface area contributed by atoms with Gasteiger partial charge in [0.25, 0.3) is 5.69 Å². The molecule has 0 bridgehead atoms. The van der Waals surface area contributed by atoms with Crippen LogP contribution in [0.2, 0.25) is 5.02 Å². The largest absolute Gasteiger partial charge is 0.469 e. The van der Waals surface area contributed by atoms with E-state index in [0.29, 0.717) is 23.7 Å². The molecule has 1 aromatic rings. The summed E-state index contributed by atoms with van der Waals surface area (Å²) in [5.41, 5.74) is 0.430. The Labute approximate surface area is 116 Å². The van der Waals surface area contributed by atoms with Gasteiger partial charge in [0, 0.05) is 19.2 Å². The summed E-state index contributed by atoms with van der Waals surface area (Å²) in [4.78, 5) is 23.3. The van der Waals surface area contributed by atoms with Gasteiger partial charge in [-0.25, -0.2) is 0 Å². The van der Waals surface area contributed by atoms with Gasteiger partial charge in [0.15, 0.2) is 0 Å². The van der Waals surface area contributed by atoms with Crippen molar-refractivity contribution >= 4 is 23.3 Å². The Kier molecular flexibility index (Phi) is 5.72. The molecule has 104 valence electrons. The number of nitrogens with zero attached hydrogens (tertiary/aromatic N) is 2. The van der Waals surface area contributed by atoms with Crippen LogP contribution in [0.5, 0.6) is 0 Å². The number of methoxy groups -OCH3 is 1. The Bertz CT molecular complexity index is 479. The number of rotatable bonds is 6. The second-order valence-corrected chi connectivity index (χ2v) is 4.47. The predicted molar refractivity (Wildman–Crippen MR) is 71.1 cm³/mol. The van der Waals surface area contributed by atoms with Gasteiger partial charge in [-0.3, -0.25) is 14.9 Å². The molecule has 6 nitrogen and oxygen atoms in total. The van der Waals surface area contributed by atoms with E-state index in [1.165, 1.54) is 13.2 Å². The summed E-state index contributed by atoms with van der Waals surface area (Å²) in [6, 6.07) is 4.56. The van der Waals surface area contributed by atoms with Crippen molar-refractivity contribution < 1.29 is 14.5 Å². The Hall–Kier alpha value is -1.66. The number of carbonyl (C=O) groups is 1. The minimum atomic E-state index is -0.463. The molecule has 0 aliphatic heterocycles. The van der Waals surface area contributed by atoms with Crippen molar-refractivity contribution in [2.45, 2.75) is 13.0 Å². The van der Waals surface area contributed by atoms with Crippen LogP contribution in [0.3, 0.4) is 0 Å². The monoisotopic (exact) mass is 286 g/mol. The van der Waals surface area contributed by atoms with Gasteiger partial charge in [-0.15, -0.1) is 0 Å². The van der Waals surface area contributed by atoms with E-state index in [4.69, 9.17) is 11.6 Å². The summed E-state index contributed by atoms with van der Waals surface area (Å²) in [7, 11) is 3.08. The molecule has 0 N–H and O–H groups in total. The Morgan fingerprint density at radius 1 is 1.53 bits per heavy atom. The molecule has 7 heteroatoms. The molecule has 0 radical (unpaired) electrons. The van der Waals surface area contributed by atoms with Crippen LogP contribution in [0.4, 0.5) is 5.69 Å². The van der Waals surface area contributed by atoms with Crippen LogP contribution in [0.15, 0.2) is 18.2 Å². The number of esters is 1. The minimum Gasteiger partial charge on any atom is -0.469 e. The van der Waals surface area contributed by atoms with E-state index in [-0.39, 0.29) is 18.1 Å². The number of nitro groups is 1. The zero-order valence-electron chi connectivity index (χ0n) is 10.8. The first-order valence-corrected chi connectivity index (χ1v) is 6.00. The number of ether oxygens (including phenoxy) is 1. The molecule has 0 saturated carbocycles. The average Bonchev–Trinajstić information content (AvgIpc) is 2.38. The van der Waals surface area contributed by atoms with Gasteiger partial charge in [-0.05, 0) is 13.1 Å². The van der Waals surface area contributed by atoms with Crippen LogP contribution in [0, 0.1) is 10.1 Å². The smallest absolute Gasteiger partial charge is 0.306 e. The highest BCUT2D eigenvalue weighted by Gasteiger charge is 2.18. The summed E-state index contributed by atoms with van der Waals surface area (Å²) >= 11 is 5.98. The maximum atomic E-state index is 11.0. The number of hydrogen-bond acceptors (Lipinski definition) is 5. The second kappa shape index (κ2) is 7.06. The van der Waals surface area contributed by atoms with Gasteiger partial charge in [0.1, 0.15) is 0 Å². The molecule has 1 aromatic carbocycles. The molecule has 0 fully saturated rings. The molecule has 1 rings (SSSR count). The van der Waals surface area contributed by atoms with Crippen molar-refractivity contribution in [1.82, 2.24) is 4.90 Å². The van der Waals surface area contributed by atoms with Crippen molar-refractivity contribution in [3.63, 3.8) is 0 Å². The molecule has 19 heavy (non-hydrogen) atoms. The molecule has 0 amide bonds. The van der Waals surface area contributed by atoms with Crippen LogP contribution in [-0.4, -0.2) is 36.5 Å². The van der Waals surface area contributed by atoms with Crippen LogP contribution in [-0.2, 0) is 16.1 Å². The molecule has 0 spiro atoms. The van der Waals surface area contributed by atoms with Crippen LogP contribution in [0.1, 0.15) is 12.0 Å². The van der Waals surface area contributed by atoms with Gasteiger partial charge in [-0.2, -0.15) is 0 Å². The number of hydrogen-bond donors (Lipinski definition) is 0. The van der Waals surface area contributed by atoms with E-state index in [0.717, 1.165) is 0 Å². The minimum absolute atomic E-state index is 0.0163. The number of carbonyl (C=O) groups excluding carboxylic acids is 1. The third-order valence-corrected chi connectivity index (χ3v) is 3.00. The topological polar surface area (TPSA) is 72.7 Å². The molecular formula is C12H15ClN2O4. The van der Waals surface area contributed by atoms with E-state index in [1.807, 2.05) is 0 Å². The van der Waals surface area contributed by atoms with E-state index in [1.54, 1.807) is 24.1 Å². The van der Waals surface area contributed by atoms with Crippen molar-refractivity contribution in [1.29, 1.82) is 0 Å². The van der Waals surface area contributed by atoms with Crippen LogP contribution >= 0.6 is 11.6 Å². The Morgan fingerprint density at radius 3 is 2.79 bits per heavy atom. The molecule has 0 unspecified atom stereocenters. The van der Waals surface area contributed by atoms with Gasteiger partial charge in [0.05, 0.1) is 29.0 Å². The van der Waals surface area contributed by atoms with E-state index >= 15 is 0 Å². The fraction of sp³-hybridized carbons (Fsp3) is 0.417. The highest BCUT2D eigenvalue weighted by molar-refractivity contribution is 6.31. The average molecular weight is 287 g/mol.